The van der Waals surface area contributed by atoms with Crippen LogP contribution in [0.3, 0.4) is 0 Å². The molecule has 0 saturated carbocycles. The van der Waals surface area contributed by atoms with E-state index in [4.69, 9.17) is 4.74 Å². The summed E-state index contributed by atoms with van der Waals surface area (Å²) in [6.45, 7) is 8.44. The molecule has 1 unspecified atom stereocenters. The monoisotopic (exact) mass is 278 g/mol. The fraction of sp³-hybridized carbons (Fsp3) is 0.625. The normalized spacial score (nSPS) is 19.1. The first-order valence-corrected chi connectivity index (χ1v) is 7.34. The van der Waals surface area contributed by atoms with Crippen LogP contribution in [0.5, 0.6) is 0 Å². The van der Waals surface area contributed by atoms with Gasteiger partial charge in [-0.15, -0.1) is 0 Å². The number of hydrogen-bond donors (Lipinski definition) is 1. The number of nitrogens with zero attached hydrogens (tertiary/aromatic N) is 2. The third-order valence-electron chi connectivity index (χ3n) is 3.82. The van der Waals surface area contributed by atoms with Gasteiger partial charge in [-0.05, 0) is 12.5 Å². The van der Waals surface area contributed by atoms with Gasteiger partial charge in [0, 0.05) is 46.4 Å². The third kappa shape index (κ3) is 4.87. The summed E-state index contributed by atoms with van der Waals surface area (Å²) in [5, 5.41) is 9.75. The lowest BCUT2D eigenvalue weighted by Crippen LogP contribution is -2.48. The van der Waals surface area contributed by atoms with Crippen molar-refractivity contribution in [1.82, 2.24) is 9.80 Å². The number of aliphatic hydroxyl groups is 1. The Morgan fingerprint density at radius 3 is 2.30 bits per heavy atom. The van der Waals surface area contributed by atoms with Crippen LogP contribution in [0.1, 0.15) is 11.1 Å². The fourth-order valence-electron chi connectivity index (χ4n) is 2.62. The first-order valence-electron chi connectivity index (χ1n) is 7.34. The van der Waals surface area contributed by atoms with E-state index in [-0.39, 0.29) is 6.10 Å². The molecule has 0 spiro atoms. The molecule has 112 valence electrons. The van der Waals surface area contributed by atoms with Crippen molar-refractivity contribution in [2.24, 2.45) is 0 Å². The summed E-state index contributed by atoms with van der Waals surface area (Å²) in [5.41, 5.74) is 2.69. The molecule has 1 aliphatic heterocycles. The van der Waals surface area contributed by atoms with Gasteiger partial charge in [-0.25, -0.2) is 0 Å². The lowest BCUT2D eigenvalue weighted by atomic mass is 10.1. The Hall–Kier alpha value is -0.940. The minimum Gasteiger partial charge on any atom is -0.389 e. The van der Waals surface area contributed by atoms with E-state index in [0.29, 0.717) is 13.2 Å². The molecule has 0 aromatic heterocycles. The Bertz CT molecular complexity index is 386. The molecule has 1 fully saturated rings. The summed E-state index contributed by atoms with van der Waals surface area (Å²) in [7, 11) is 1.63. The number of β-amino-alcohol motifs (C(OH)–C–C–N with tert-alkyl or cyclic N) is 1. The number of piperazine rings is 1. The summed E-state index contributed by atoms with van der Waals surface area (Å²) >= 11 is 0. The first-order chi connectivity index (χ1) is 9.67. The van der Waals surface area contributed by atoms with Crippen LogP contribution < -0.4 is 0 Å². The number of hydrogen-bond acceptors (Lipinski definition) is 4. The molecular weight excluding hydrogens is 252 g/mol. The number of aliphatic hydroxyl groups excluding tert-OH is 1. The molecule has 0 amide bonds. The van der Waals surface area contributed by atoms with E-state index in [0.717, 1.165) is 32.7 Å². The standard InChI is InChI=1S/C16H26N2O2/c1-14-3-5-15(6-4-14)11-17-7-9-18(10-8-17)12-16(19)13-20-2/h3-6,16,19H,7-13H2,1-2H3. The van der Waals surface area contributed by atoms with Gasteiger partial charge in [0.25, 0.3) is 0 Å². The van der Waals surface area contributed by atoms with E-state index >= 15 is 0 Å². The molecule has 1 aliphatic rings. The molecule has 2 rings (SSSR count). The van der Waals surface area contributed by atoms with Crippen LogP contribution in [0, 0.1) is 6.92 Å². The minimum absolute atomic E-state index is 0.372. The highest BCUT2D eigenvalue weighted by atomic mass is 16.5. The molecule has 0 radical (unpaired) electrons. The van der Waals surface area contributed by atoms with E-state index in [1.807, 2.05) is 0 Å². The summed E-state index contributed by atoms with van der Waals surface area (Å²) in [6.07, 6.45) is -0.372. The zero-order valence-electron chi connectivity index (χ0n) is 12.6. The zero-order valence-corrected chi connectivity index (χ0v) is 12.6. The average Bonchev–Trinajstić information content (AvgIpc) is 2.44. The molecule has 1 heterocycles. The van der Waals surface area contributed by atoms with Gasteiger partial charge >= 0.3 is 0 Å². The maximum Gasteiger partial charge on any atom is 0.0900 e. The Morgan fingerprint density at radius 1 is 1.10 bits per heavy atom. The minimum atomic E-state index is -0.372. The van der Waals surface area contributed by atoms with Gasteiger partial charge in [-0.3, -0.25) is 9.80 Å². The second kappa shape index (κ2) is 7.74. The molecule has 0 bridgehead atoms. The highest BCUT2D eigenvalue weighted by Crippen LogP contribution is 2.10. The van der Waals surface area contributed by atoms with Crippen molar-refractivity contribution in [1.29, 1.82) is 0 Å². The van der Waals surface area contributed by atoms with E-state index in [1.54, 1.807) is 7.11 Å². The SMILES string of the molecule is COCC(O)CN1CCN(Cc2ccc(C)cc2)CC1. The van der Waals surface area contributed by atoms with Crippen LogP contribution in [-0.2, 0) is 11.3 Å². The van der Waals surface area contributed by atoms with Gasteiger partial charge in [0.15, 0.2) is 0 Å². The van der Waals surface area contributed by atoms with Crippen LogP contribution in [0.2, 0.25) is 0 Å². The van der Waals surface area contributed by atoms with Crippen molar-refractivity contribution in [2.75, 3.05) is 46.4 Å². The number of methoxy groups -OCH3 is 1. The number of benzene rings is 1. The van der Waals surface area contributed by atoms with Crippen LogP contribution in [-0.4, -0.2) is 67.5 Å². The highest BCUT2D eigenvalue weighted by Gasteiger charge is 2.19. The van der Waals surface area contributed by atoms with Crippen molar-refractivity contribution in [3.8, 4) is 0 Å². The predicted octanol–water partition coefficient (Wildman–Crippen LogP) is 1.12. The lowest BCUT2D eigenvalue weighted by molar-refractivity contribution is 0.0230. The first kappa shape index (κ1) is 15.4. The van der Waals surface area contributed by atoms with E-state index in [2.05, 4.69) is 41.0 Å². The summed E-state index contributed by atoms with van der Waals surface area (Å²) in [6, 6.07) is 8.77. The molecule has 4 nitrogen and oxygen atoms in total. The average molecular weight is 278 g/mol. The fourth-order valence-corrected chi connectivity index (χ4v) is 2.62. The maximum atomic E-state index is 9.75. The Balaban J connectivity index is 1.72. The molecule has 1 aromatic rings. The summed E-state index contributed by atoms with van der Waals surface area (Å²) < 4.78 is 4.97. The van der Waals surface area contributed by atoms with Crippen LogP contribution in [0.25, 0.3) is 0 Å². The van der Waals surface area contributed by atoms with Gasteiger partial charge in [0.05, 0.1) is 12.7 Å². The van der Waals surface area contributed by atoms with Gasteiger partial charge < -0.3 is 9.84 Å². The van der Waals surface area contributed by atoms with Crippen molar-refractivity contribution in [3.05, 3.63) is 35.4 Å². The van der Waals surface area contributed by atoms with Gasteiger partial charge in [-0.1, -0.05) is 29.8 Å². The highest BCUT2D eigenvalue weighted by molar-refractivity contribution is 5.21. The van der Waals surface area contributed by atoms with E-state index < -0.39 is 0 Å². The van der Waals surface area contributed by atoms with Crippen molar-refractivity contribution >= 4 is 0 Å². The lowest BCUT2D eigenvalue weighted by Gasteiger charge is -2.35. The Kier molecular flexibility index (Phi) is 5.98. The van der Waals surface area contributed by atoms with Gasteiger partial charge in [0.1, 0.15) is 0 Å². The second-order valence-electron chi connectivity index (χ2n) is 5.67. The van der Waals surface area contributed by atoms with E-state index in [1.165, 1.54) is 11.1 Å². The molecule has 1 saturated heterocycles. The van der Waals surface area contributed by atoms with Crippen molar-refractivity contribution in [3.63, 3.8) is 0 Å². The zero-order chi connectivity index (χ0) is 14.4. The van der Waals surface area contributed by atoms with Crippen LogP contribution in [0.4, 0.5) is 0 Å². The third-order valence-corrected chi connectivity index (χ3v) is 3.82. The smallest absolute Gasteiger partial charge is 0.0900 e. The van der Waals surface area contributed by atoms with Crippen molar-refractivity contribution in [2.45, 2.75) is 19.6 Å². The second-order valence-corrected chi connectivity index (χ2v) is 5.67. The molecule has 1 N–H and O–H groups in total. The molecule has 1 aromatic carbocycles. The molecular formula is C16H26N2O2. The summed E-state index contributed by atoms with van der Waals surface area (Å²) in [4.78, 5) is 4.79. The summed E-state index contributed by atoms with van der Waals surface area (Å²) in [5.74, 6) is 0. The largest absolute Gasteiger partial charge is 0.389 e. The molecule has 0 aliphatic carbocycles. The number of rotatable bonds is 6. The Labute approximate surface area is 122 Å². The molecule has 4 heteroatoms. The van der Waals surface area contributed by atoms with E-state index in [9.17, 15) is 5.11 Å². The van der Waals surface area contributed by atoms with Gasteiger partial charge in [-0.2, -0.15) is 0 Å². The number of ether oxygens (including phenoxy) is 1. The molecule has 20 heavy (non-hydrogen) atoms. The van der Waals surface area contributed by atoms with Crippen LogP contribution >= 0.6 is 0 Å². The predicted molar refractivity (Wildman–Crippen MR) is 80.8 cm³/mol. The maximum absolute atomic E-state index is 9.75. The quantitative estimate of drug-likeness (QED) is 0.846. The number of aryl methyl sites for hydroxylation is 1. The topological polar surface area (TPSA) is 35.9 Å². The van der Waals surface area contributed by atoms with Crippen molar-refractivity contribution < 1.29 is 9.84 Å². The Morgan fingerprint density at radius 2 is 1.70 bits per heavy atom. The van der Waals surface area contributed by atoms with Gasteiger partial charge in [0.2, 0.25) is 0 Å². The van der Waals surface area contributed by atoms with Crippen LogP contribution in [0.15, 0.2) is 24.3 Å². The molecule has 1 atom stereocenters.